The van der Waals surface area contributed by atoms with Crippen LogP contribution in [-0.4, -0.2) is 50.4 Å². The molecule has 0 spiro atoms. The predicted octanol–water partition coefficient (Wildman–Crippen LogP) is 2.28. The molecule has 0 saturated carbocycles. The lowest BCUT2D eigenvalue weighted by Gasteiger charge is -2.26. The van der Waals surface area contributed by atoms with Crippen molar-refractivity contribution in [3.8, 4) is 5.75 Å². The van der Waals surface area contributed by atoms with Crippen molar-refractivity contribution in [2.75, 3.05) is 33.4 Å². The Morgan fingerprint density at radius 1 is 1.43 bits per heavy atom. The van der Waals surface area contributed by atoms with Crippen LogP contribution in [0.4, 0.5) is 0 Å². The van der Waals surface area contributed by atoms with Gasteiger partial charge < -0.3 is 14.8 Å². The maximum atomic E-state index is 5.88. The number of benzene rings is 1. The third-order valence-electron chi connectivity index (χ3n) is 4.09. The van der Waals surface area contributed by atoms with Gasteiger partial charge in [0.15, 0.2) is 0 Å². The largest absolute Gasteiger partial charge is 0.492 e. The quantitative estimate of drug-likeness (QED) is 0.797. The molecule has 1 heterocycles. The zero-order chi connectivity index (χ0) is 15.1. The molecular weight excluding hydrogens is 264 g/mol. The van der Waals surface area contributed by atoms with Gasteiger partial charge in [0.25, 0.3) is 0 Å². The third kappa shape index (κ3) is 4.99. The second kappa shape index (κ2) is 8.37. The summed E-state index contributed by atoms with van der Waals surface area (Å²) in [6, 6.07) is 8.84. The van der Waals surface area contributed by atoms with Gasteiger partial charge in [0.2, 0.25) is 0 Å². The molecule has 0 bridgehead atoms. The van der Waals surface area contributed by atoms with Gasteiger partial charge in [0, 0.05) is 25.7 Å². The third-order valence-corrected chi connectivity index (χ3v) is 4.09. The normalized spacial score (nSPS) is 21.9. The molecule has 1 aliphatic rings. The fourth-order valence-corrected chi connectivity index (χ4v) is 2.79. The summed E-state index contributed by atoms with van der Waals surface area (Å²) in [6.45, 7) is 8.66. The summed E-state index contributed by atoms with van der Waals surface area (Å²) in [5.74, 6) is 0.953. The molecule has 4 heteroatoms. The van der Waals surface area contributed by atoms with E-state index in [0.29, 0.717) is 18.8 Å². The summed E-state index contributed by atoms with van der Waals surface area (Å²) in [7, 11) is 2.15. The van der Waals surface area contributed by atoms with E-state index in [-0.39, 0.29) is 0 Å². The summed E-state index contributed by atoms with van der Waals surface area (Å²) in [4.78, 5) is 2.35. The average molecular weight is 292 g/mol. The van der Waals surface area contributed by atoms with Crippen molar-refractivity contribution in [2.45, 2.75) is 39.0 Å². The van der Waals surface area contributed by atoms with Crippen LogP contribution in [0.25, 0.3) is 0 Å². The van der Waals surface area contributed by atoms with Crippen LogP contribution in [0.2, 0.25) is 0 Å². The monoisotopic (exact) mass is 292 g/mol. The minimum atomic E-state index is 0.332. The standard InChI is InChI=1S/C17H28N2O2/c1-4-18-13-15-6-5-7-16(12-15)21-11-9-19(3)17-8-10-20-14(17)2/h5-7,12,14,17-18H,4,8-11,13H2,1-3H3. The lowest BCUT2D eigenvalue weighted by molar-refractivity contribution is 0.0787. The lowest BCUT2D eigenvalue weighted by atomic mass is 10.1. The molecule has 21 heavy (non-hydrogen) atoms. The molecule has 0 aliphatic carbocycles. The molecule has 0 amide bonds. The van der Waals surface area contributed by atoms with Crippen molar-refractivity contribution in [3.63, 3.8) is 0 Å². The Morgan fingerprint density at radius 3 is 3.00 bits per heavy atom. The summed E-state index contributed by atoms with van der Waals surface area (Å²) in [5, 5.41) is 3.33. The van der Waals surface area contributed by atoms with E-state index in [1.165, 1.54) is 5.56 Å². The molecule has 1 fully saturated rings. The molecule has 1 saturated heterocycles. The number of rotatable bonds is 8. The van der Waals surface area contributed by atoms with Crippen molar-refractivity contribution in [2.24, 2.45) is 0 Å². The van der Waals surface area contributed by atoms with E-state index in [9.17, 15) is 0 Å². The number of likely N-dealkylation sites (N-methyl/N-ethyl adjacent to an activating group) is 1. The van der Waals surface area contributed by atoms with Gasteiger partial charge in [0.05, 0.1) is 6.10 Å². The number of nitrogens with one attached hydrogen (secondary N) is 1. The number of ether oxygens (including phenoxy) is 2. The van der Waals surface area contributed by atoms with Crippen LogP contribution in [0.3, 0.4) is 0 Å². The van der Waals surface area contributed by atoms with Gasteiger partial charge in [-0.2, -0.15) is 0 Å². The molecule has 1 aromatic rings. The first-order valence-electron chi connectivity index (χ1n) is 7.95. The van der Waals surface area contributed by atoms with Crippen molar-refractivity contribution >= 4 is 0 Å². The molecule has 2 rings (SSSR count). The highest BCUT2D eigenvalue weighted by Gasteiger charge is 2.27. The molecule has 1 aliphatic heterocycles. The Hall–Kier alpha value is -1.10. The first-order valence-corrected chi connectivity index (χ1v) is 7.95. The Kier molecular flexibility index (Phi) is 6.49. The molecule has 0 radical (unpaired) electrons. The van der Waals surface area contributed by atoms with Gasteiger partial charge in [-0.05, 0) is 44.6 Å². The Labute approximate surface area is 128 Å². The van der Waals surface area contributed by atoms with Crippen molar-refractivity contribution in [1.82, 2.24) is 10.2 Å². The fraction of sp³-hybridized carbons (Fsp3) is 0.647. The Balaban J connectivity index is 1.75. The zero-order valence-electron chi connectivity index (χ0n) is 13.5. The maximum absolute atomic E-state index is 5.88. The highest BCUT2D eigenvalue weighted by molar-refractivity contribution is 5.28. The van der Waals surface area contributed by atoms with Crippen molar-refractivity contribution in [1.29, 1.82) is 0 Å². The summed E-state index contributed by atoms with van der Waals surface area (Å²) >= 11 is 0. The molecule has 1 N–H and O–H groups in total. The van der Waals surface area contributed by atoms with Gasteiger partial charge in [-0.15, -0.1) is 0 Å². The van der Waals surface area contributed by atoms with Gasteiger partial charge in [-0.3, -0.25) is 4.90 Å². The number of hydrogen-bond donors (Lipinski definition) is 1. The van der Waals surface area contributed by atoms with Gasteiger partial charge >= 0.3 is 0 Å². The van der Waals surface area contributed by atoms with Crippen LogP contribution in [-0.2, 0) is 11.3 Å². The Morgan fingerprint density at radius 2 is 2.29 bits per heavy atom. The molecule has 4 nitrogen and oxygen atoms in total. The van der Waals surface area contributed by atoms with E-state index in [4.69, 9.17) is 9.47 Å². The second-order valence-corrected chi connectivity index (χ2v) is 5.69. The van der Waals surface area contributed by atoms with E-state index in [0.717, 1.165) is 38.4 Å². The minimum Gasteiger partial charge on any atom is -0.492 e. The topological polar surface area (TPSA) is 33.7 Å². The van der Waals surface area contributed by atoms with Crippen LogP contribution in [0.5, 0.6) is 5.75 Å². The molecule has 2 atom stereocenters. The van der Waals surface area contributed by atoms with Crippen LogP contribution in [0.1, 0.15) is 25.8 Å². The molecule has 1 aromatic carbocycles. The molecule has 0 aromatic heterocycles. The predicted molar refractivity (Wildman–Crippen MR) is 85.8 cm³/mol. The molecule has 118 valence electrons. The highest BCUT2D eigenvalue weighted by Crippen LogP contribution is 2.18. The van der Waals surface area contributed by atoms with Gasteiger partial charge in [-0.1, -0.05) is 19.1 Å². The molecule has 2 unspecified atom stereocenters. The van der Waals surface area contributed by atoms with Crippen molar-refractivity contribution < 1.29 is 9.47 Å². The van der Waals surface area contributed by atoms with E-state index >= 15 is 0 Å². The lowest BCUT2D eigenvalue weighted by Crippen LogP contribution is -2.39. The van der Waals surface area contributed by atoms with Crippen molar-refractivity contribution in [3.05, 3.63) is 29.8 Å². The highest BCUT2D eigenvalue weighted by atomic mass is 16.5. The smallest absolute Gasteiger partial charge is 0.119 e. The number of hydrogen-bond acceptors (Lipinski definition) is 4. The summed E-state index contributed by atoms with van der Waals surface area (Å²) in [5.41, 5.74) is 1.26. The first kappa shape index (κ1) is 16.3. The summed E-state index contributed by atoms with van der Waals surface area (Å²) in [6.07, 6.45) is 1.45. The van der Waals surface area contributed by atoms with Crippen LogP contribution in [0, 0.1) is 0 Å². The van der Waals surface area contributed by atoms with Crippen LogP contribution >= 0.6 is 0 Å². The van der Waals surface area contributed by atoms with Gasteiger partial charge in [0.1, 0.15) is 12.4 Å². The van der Waals surface area contributed by atoms with E-state index in [2.05, 4.69) is 49.3 Å². The SMILES string of the molecule is CCNCc1cccc(OCCN(C)C2CCOC2C)c1. The zero-order valence-corrected chi connectivity index (χ0v) is 13.5. The van der Waals surface area contributed by atoms with Crippen LogP contribution in [0.15, 0.2) is 24.3 Å². The van der Waals surface area contributed by atoms with E-state index < -0.39 is 0 Å². The Bertz CT molecular complexity index is 425. The maximum Gasteiger partial charge on any atom is 0.119 e. The number of nitrogens with zero attached hydrogens (tertiary/aromatic N) is 1. The first-order chi connectivity index (χ1) is 10.2. The minimum absolute atomic E-state index is 0.332. The fourth-order valence-electron chi connectivity index (χ4n) is 2.79. The van der Waals surface area contributed by atoms with E-state index in [1.807, 2.05) is 6.07 Å². The second-order valence-electron chi connectivity index (χ2n) is 5.69. The molecular formula is C17H28N2O2. The van der Waals surface area contributed by atoms with Crippen LogP contribution < -0.4 is 10.1 Å². The van der Waals surface area contributed by atoms with Gasteiger partial charge in [-0.25, -0.2) is 0 Å². The summed E-state index contributed by atoms with van der Waals surface area (Å²) < 4.78 is 11.5. The average Bonchev–Trinajstić information content (AvgIpc) is 2.92. The van der Waals surface area contributed by atoms with E-state index in [1.54, 1.807) is 0 Å².